The molecule has 9 heteroatoms. The highest BCUT2D eigenvalue weighted by Gasteiger charge is 2.20. The molecule has 0 amide bonds. The van der Waals surface area contributed by atoms with E-state index in [9.17, 15) is 14.3 Å². The number of rotatable bonds is 41. The van der Waals surface area contributed by atoms with Crippen molar-refractivity contribution in [2.24, 2.45) is 0 Å². The number of phosphoric acid groups is 1. The van der Waals surface area contributed by atoms with Crippen molar-refractivity contribution in [3.05, 3.63) is 85.1 Å². The highest BCUT2D eigenvalue weighted by molar-refractivity contribution is 7.45. The molecule has 0 rings (SSSR count). The molecule has 0 aromatic heterocycles. The van der Waals surface area contributed by atoms with Crippen LogP contribution in [0.1, 0.15) is 162 Å². The third-order valence-corrected chi connectivity index (χ3v) is 10.1. The summed E-state index contributed by atoms with van der Waals surface area (Å²) in [4.78, 5) is 25.1. The minimum absolute atomic E-state index is 0.00971. The van der Waals surface area contributed by atoms with E-state index in [1.165, 1.54) is 70.6 Å². The van der Waals surface area contributed by atoms with Gasteiger partial charge in [-0.2, -0.15) is 0 Å². The van der Waals surface area contributed by atoms with Gasteiger partial charge in [0.15, 0.2) is 0 Å². The second-order valence-corrected chi connectivity index (χ2v) is 17.4. The van der Waals surface area contributed by atoms with Crippen LogP contribution in [0.5, 0.6) is 0 Å². The number of hydrogen-bond acceptors (Lipinski definition) is 7. The highest BCUT2D eigenvalue weighted by Crippen LogP contribution is 2.38. The molecule has 0 spiro atoms. The molecule has 2 atom stereocenters. The van der Waals surface area contributed by atoms with Crippen LogP contribution in [0.25, 0.3) is 0 Å². The lowest BCUT2D eigenvalue weighted by Gasteiger charge is -2.28. The van der Waals surface area contributed by atoms with E-state index in [0.717, 1.165) is 64.2 Å². The molecule has 0 aliphatic rings. The Morgan fingerprint density at radius 2 is 1.00 bits per heavy atom. The lowest BCUT2D eigenvalue weighted by molar-refractivity contribution is -0.870. The molecule has 0 bridgehead atoms. The summed E-state index contributed by atoms with van der Waals surface area (Å²) < 4.78 is 34.5. The number of quaternary nitrogens is 1. The molecule has 0 aliphatic heterocycles. The van der Waals surface area contributed by atoms with E-state index in [1.54, 1.807) is 0 Å². The van der Waals surface area contributed by atoms with Crippen LogP contribution in [0, 0.1) is 0 Å². The van der Waals surface area contributed by atoms with Crippen LogP contribution < -0.4 is 4.89 Å². The average Bonchev–Trinajstić information content (AvgIpc) is 3.18. The maximum absolute atomic E-state index is 12.7. The number of carbonyl (C=O) groups excluding carboxylic acids is 1. The van der Waals surface area contributed by atoms with Crippen molar-refractivity contribution in [1.82, 2.24) is 0 Å². The van der Waals surface area contributed by atoms with Crippen molar-refractivity contribution in [3.8, 4) is 0 Å². The Morgan fingerprint density at radius 1 is 0.552 bits per heavy atom. The summed E-state index contributed by atoms with van der Waals surface area (Å²) in [6.07, 6.45) is 54.6. The van der Waals surface area contributed by atoms with Gasteiger partial charge in [-0.3, -0.25) is 9.36 Å². The number of hydrogen-bond donors (Lipinski definition) is 0. The number of likely N-dealkylation sites (N-methyl/N-ethyl adjacent to an activating group) is 1. The largest absolute Gasteiger partial charge is 0.756 e. The fourth-order valence-corrected chi connectivity index (χ4v) is 6.40. The van der Waals surface area contributed by atoms with Crippen LogP contribution in [0.15, 0.2) is 85.1 Å². The Morgan fingerprint density at radius 3 is 1.50 bits per heavy atom. The zero-order valence-corrected chi connectivity index (χ0v) is 38.6. The standard InChI is InChI=1S/C49H86NO7P/c1-6-8-10-12-14-16-18-20-22-24-25-27-29-31-33-35-37-39-41-44-54-46-48(47-56-58(52,53)55-45-43-50(3,4)5)57-49(51)42-40-38-36-34-32-30-28-26-23-21-19-17-15-13-11-9-7-2/h9,11,15-18,21-24,28,30,34,36,48H,6-8,10,12-14,19-20,25-27,29,31-33,35,37-47H2,1-5H3/b11-9-,17-15-,18-16-,23-21-,24-22-,30-28-,36-34-. The molecule has 334 valence electrons. The number of nitrogens with zero attached hydrogens (tertiary/aromatic N) is 1. The molecule has 0 heterocycles. The van der Waals surface area contributed by atoms with E-state index >= 15 is 0 Å². The first-order valence-electron chi connectivity index (χ1n) is 22.8. The van der Waals surface area contributed by atoms with Gasteiger partial charge in [-0.25, -0.2) is 0 Å². The van der Waals surface area contributed by atoms with Crippen molar-refractivity contribution in [1.29, 1.82) is 0 Å². The molecular weight excluding hydrogens is 746 g/mol. The van der Waals surface area contributed by atoms with E-state index in [-0.39, 0.29) is 26.2 Å². The lowest BCUT2D eigenvalue weighted by atomic mass is 10.1. The fourth-order valence-electron chi connectivity index (χ4n) is 5.67. The van der Waals surface area contributed by atoms with Crippen LogP contribution in [0.2, 0.25) is 0 Å². The summed E-state index contributed by atoms with van der Waals surface area (Å²) in [6.45, 7) is 5.17. The van der Waals surface area contributed by atoms with Crippen molar-refractivity contribution < 1.29 is 37.3 Å². The number of carbonyl (C=O) groups is 1. The number of ether oxygens (including phenoxy) is 2. The van der Waals surface area contributed by atoms with Gasteiger partial charge in [0, 0.05) is 13.0 Å². The van der Waals surface area contributed by atoms with Gasteiger partial charge in [0.2, 0.25) is 0 Å². The molecule has 0 saturated carbocycles. The van der Waals surface area contributed by atoms with Crippen LogP contribution in [0.4, 0.5) is 0 Å². The smallest absolute Gasteiger partial charge is 0.306 e. The highest BCUT2D eigenvalue weighted by atomic mass is 31.2. The quantitative estimate of drug-likeness (QED) is 0.0199. The Hall–Kier alpha value is -2.32. The number of unbranched alkanes of at least 4 members (excludes halogenated alkanes) is 13. The Kier molecular flexibility index (Phi) is 39.8. The van der Waals surface area contributed by atoms with E-state index in [1.807, 2.05) is 21.1 Å². The van der Waals surface area contributed by atoms with Gasteiger partial charge in [0.1, 0.15) is 19.3 Å². The first-order chi connectivity index (χ1) is 28.1. The zero-order valence-electron chi connectivity index (χ0n) is 37.7. The third-order valence-electron chi connectivity index (χ3n) is 9.18. The first kappa shape index (κ1) is 55.7. The van der Waals surface area contributed by atoms with Gasteiger partial charge in [-0.1, -0.05) is 157 Å². The Labute approximate surface area is 356 Å². The van der Waals surface area contributed by atoms with Gasteiger partial charge in [0.05, 0.1) is 34.4 Å². The lowest BCUT2D eigenvalue weighted by Crippen LogP contribution is -2.37. The summed E-state index contributed by atoms with van der Waals surface area (Å²) in [5, 5.41) is 0. The van der Waals surface area contributed by atoms with Crippen LogP contribution in [-0.2, 0) is 27.9 Å². The predicted molar refractivity (Wildman–Crippen MR) is 245 cm³/mol. The molecule has 0 radical (unpaired) electrons. The summed E-state index contributed by atoms with van der Waals surface area (Å²) in [5.74, 6) is -0.395. The van der Waals surface area contributed by atoms with Gasteiger partial charge >= 0.3 is 5.97 Å². The molecule has 8 nitrogen and oxygen atoms in total. The summed E-state index contributed by atoms with van der Waals surface area (Å²) in [6, 6.07) is 0. The molecular formula is C49H86NO7P. The topological polar surface area (TPSA) is 94.1 Å². The first-order valence-corrected chi connectivity index (χ1v) is 24.3. The maximum atomic E-state index is 12.7. The molecule has 0 N–H and O–H groups in total. The van der Waals surface area contributed by atoms with E-state index in [2.05, 4.69) is 98.9 Å². The van der Waals surface area contributed by atoms with Crippen molar-refractivity contribution >= 4 is 13.8 Å². The second-order valence-electron chi connectivity index (χ2n) is 16.0. The molecule has 0 aromatic rings. The monoisotopic (exact) mass is 832 g/mol. The molecule has 0 fully saturated rings. The summed E-state index contributed by atoms with van der Waals surface area (Å²) in [7, 11) is 1.30. The van der Waals surface area contributed by atoms with Gasteiger partial charge < -0.3 is 27.9 Å². The van der Waals surface area contributed by atoms with Crippen LogP contribution in [0.3, 0.4) is 0 Å². The van der Waals surface area contributed by atoms with Crippen LogP contribution in [-0.4, -0.2) is 70.7 Å². The van der Waals surface area contributed by atoms with Crippen molar-refractivity contribution in [2.75, 3.05) is 54.1 Å². The summed E-state index contributed by atoms with van der Waals surface area (Å²) in [5.41, 5.74) is 0. The predicted octanol–water partition coefficient (Wildman–Crippen LogP) is 13.0. The number of phosphoric ester groups is 1. The molecule has 0 aromatic carbocycles. The van der Waals surface area contributed by atoms with Crippen molar-refractivity contribution in [2.45, 2.75) is 168 Å². The zero-order chi connectivity index (χ0) is 42.7. The van der Waals surface area contributed by atoms with Gasteiger partial charge in [-0.15, -0.1) is 0 Å². The van der Waals surface area contributed by atoms with Crippen molar-refractivity contribution in [3.63, 3.8) is 0 Å². The second kappa shape index (κ2) is 41.4. The van der Waals surface area contributed by atoms with E-state index in [4.69, 9.17) is 18.5 Å². The van der Waals surface area contributed by atoms with Gasteiger partial charge in [-0.05, 0) is 83.5 Å². The SMILES string of the molecule is CC/C=C\C/C=C\C/C=C\C/C=C\C/C=C\CCCC(=O)OC(COCCCCCCCCCC/C=C\C/C=C\CCCCCC)COP(=O)([O-])OCC[N+](C)(C)C. The van der Waals surface area contributed by atoms with E-state index in [0.29, 0.717) is 24.1 Å². The Balaban J connectivity index is 4.33. The fraction of sp³-hybridized carbons (Fsp3) is 0.694. The van der Waals surface area contributed by atoms with E-state index < -0.39 is 19.9 Å². The molecule has 0 saturated heterocycles. The maximum Gasteiger partial charge on any atom is 0.306 e. The molecule has 0 aliphatic carbocycles. The Bertz CT molecular complexity index is 1200. The number of esters is 1. The van der Waals surface area contributed by atoms with Gasteiger partial charge in [0.25, 0.3) is 7.82 Å². The van der Waals surface area contributed by atoms with Crippen LogP contribution >= 0.6 is 7.82 Å². The minimum Gasteiger partial charge on any atom is -0.756 e. The number of allylic oxidation sites excluding steroid dienone is 14. The summed E-state index contributed by atoms with van der Waals surface area (Å²) >= 11 is 0. The minimum atomic E-state index is -4.55. The third kappa shape index (κ3) is 44.8. The molecule has 58 heavy (non-hydrogen) atoms. The molecule has 2 unspecified atom stereocenters. The average molecular weight is 832 g/mol. The normalized spacial score (nSPS) is 14.5.